The summed E-state index contributed by atoms with van der Waals surface area (Å²) >= 11 is 0. The van der Waals surface area contributed by atoms with Crippen molar-refractivity contribution >= 4 is 29.6 Å². The molecule has 4 rings (SSSR count). The number of aromatic carboxylic acids is 1. The Hall–Kier alpha value is -7.24. The van der Waals surface area contributed by atoms with Gasteiger partial charge in [-0.05, 0) is 53.7 Å². The fourth-order valence-electron chi connectivity index (χ4n) is 3.66. The van der Waals surface area contributed by atoms with Crippen LogP contribution in [0.15, 0.2) is 53.7 Å². The van der Waals surface area contributed by atoms with Gasteiger partial charge in [-0.25, -0.2) is 19.2 Å². The van der Waals surface area contributed by atoms with Gasteiger partial charge in [0.2, 0.25) is 11.5 Å². The number of aromatic hydroxyl groups is 8. The number of hydrogen-bond donors (Lipinski definition) is 9. The van der Waals surface area contributed by atoms with Crippen molar-refractivity contribution in [2.24, 2.45) is 5.18 Å². The first kappa shape index (κ1) is 31.7. The number of benzene rings is 4. The van der Waals surface area contributed by atoms with Gasteiger partial charge < -0.3 is 60.2 Å². The molecule has 0 unspecified atom stereocenters. The van der Waals surface area contributed by atoms with Crippen LogP contribution in [-0.2, 0) is 0 Å². The Bertz CT molecular complexity index is 1940. The summed E-state index contributed by atoms with van der Waals surface area (Å²) in [5.41, 5.74) is -3.36. The number of carbonyl (C=O) groups excluding carboxylic acids is 3. The molecule has 0 aliphatic rings. The van der Waals surface area contributed by atoms with Gasteiger partial charge in [0, 0.05) is 0 Å². The number of hydrogen-bond acceptors (Lipinski definition) is 17. The standard InChI is InChI=1S/C28H17NO17/c30-13-2-11(28(42)45-19-6-9(25(38)39)1-16(33)23(19)36)7-18(21(13)29-43)44-27(41)12-5-17(34)24(37)20(8-12)46-26(40)10-3-14(31)22(35)15(32)4-10/h1-8,30-37H,(H,38,39). The van der Waals surface area contributed by atoms with Gasteiger partial charge in [-0.2, -0.15) is 0 Å². The molecule has 0 fully saturated rings. The lowest BCUT2D eigenvalue weighted by Gasteiger charge is -2.13. The van der Waals surface area contributed by atoms with Crippen LogP contribution in [-0.4, -0.2) is 69.8 Å². The molecule has 46 heavy (non-hydrogen) atoms. The second-order valence-corrected chi connectivity index (χ2v) is 8.95. The highest BCUT2D eigenvalue weighted by Crippen LogP contribution is 2.42. The molecule has 0 atom stereocenters. The van der Waals surface area contributed by atoms with Crippen LogP contribution in [0.2, 0.25) is 0 Å². The molecule has 0 amide bonds. The summed E-state index contributed by atoms with van der Waals surface area (Å²) in [5, 5.41) is 90.4. The van der Waals surface area contributed by atoms with Crippen molar-refractivity contribution in [3.8, 4) is 63.2 Å². The first-order valence-electron chi connectivity index (χ1n) is 12.1. The number of nitrogens with zero attached hydrogens (tertiary/aromatic N) is 1. The third-order valence-corrected chi connectivity index (χ3v) is 5.89. The maximum absolute atomic E-state index is 12.9. The summed E-state index contributed by atoms with van der Waals surface area (Å²) in [6.45, 7) is 0. The molecule has 18 heteroatoms. The molecule has 0 radical (unpaired) electrons. The van der Waals surface area contributed by atoms with Crippen molar-refractivity contribution in [1.82, 2.24) is 0 Å². The molecular weight excluding hydrogens is 622 g/mol. The van der Waals surface area contributed by atoms with E-state index < -0.39 is 115 Å². The molecule has 0 spiro atoms. The number of carbonyl (C=O) groups is 4. The molecule has 4 aromatic carbocycles. The Morgan fingerprint density at radius 3 is 1.22 bits per heavy atom. The predicted octanol–water partition coefficient (Wildman–Crippen LogP) is 3.09. The lowest BCUT2D eigenvalue weighted by Crippen LogP contribution is -2.13. The Morgan fingerprint density at radius 1 is 0.457 bits per heavy atom. The number of ether oxygens (including phenoxy) is 3. The van der Waals surface area contributed by atoms with E-state index in [2.05, 4.69) is 5.18 Å². The predicted molar refractivity (Wildman–Crippen MR) is 146 cm³/mol. The highest BCUT2D eigenvalue weighted by molar-refractivity contribution is 5.98. The molecule has 0 saturated carbocycles. The fourth-order valence-corrected chi connectivity index (χ4v) is 3.66. The summed E-state index contributed by atoms with van der Waals surface area (Å²) in [6, 6.07) is 5.34. The van der Waals surface area contributed by atoms with E-state index in [4.69, 9.17) is 19.3 Å². The van der Waals surface area contributed by atoms with E-state index in [1.807, 2.05) is 0 Å². The van der Waals surface area contributed by atoms with E-state index in [1.54, 1.807) is 0 Å². The van der Waals surface area contributed by atoms with Crippen molar-refractivity contribution in [1.29, 1.82) is 0 Å². The van der Waals surface area contributed by atoms with Crippen molar-refractivity contribution in [3.05, 3.63) is 75.7 Å². The minimum Gasteiger partial charge on any atom is -0.505 e. The quantitative estimate of drug-likeness (QED) is 0.0578. The Labute approximate surface area is 253 Å². The van der Waals surface area contributed by atoms with Crippen molar-refractivity contribution in [2.75, 3.05) is 0 Å². The van der Waals surface area contributed by atoms with Gasteiger partial charge in [0.25, 0.3) is 0 Å². The normalized spacial score (nSPS) is 10.5. The van der Waals surface area contributed by atoms with Crippen molar-refractivity contribution in [3.63, 3.8) is 0 Å². The zero-order valence-electron chi connectivity index (χ0n) is 22.4. The minimum atomic E-state index is -1.56. The van der Waals surface area contributed by atoms with Gasteiger partial charge in [-0.1, -0.05) is 0 Å². The molecule has 236 valence electrons. The number of rotatable bonds is 8. The molecule has 0 saturated heterocycles. The highest BCUT2D eigenvalue weighted by Gasteiger charge is 2.25. The van der Waals surface area contributed by atoms with E-state index in [0.717, 1.165) is 0 Å². The third kappa shape index (κ3) is 6.24. The van der Waals surface area contributed by atoms with E-state index in [0.29, 0.717) is 48.5 Å². The van der Waals surface area contributed by atoms with Crippen LogP contribution in [0.3, 0.4) is 0 Å². The first-order valence-corrected chi connectivity index (χ1v) is 12.1. The summed E-state index contributed by atoms with van der Waals surface area (Å²) in [5.74, 6) is -16.2. The van der Waals surface area contributed by atoms with Gasteiger partial charge in [-0.3, -0.25) is 0 Å². The summed E-state index contributed by atoms with van der Waals surface area (Å²) < 4.78 is 14.8. The molecular formula is C28H17NO17. The molecule has 0 aliphatic heterocycles. The Morgan fingerprint density at radius 2 is 0.783 bits per heavy atom. The number of carboxylic acid groups (broad SMARTS) is 1. The van der Waals surface area contributed by atoms with E-state index in [1.165, 1.54) is 0 Å². The van der Waals surface area contributed by atoms with Crippen molar-refractivity contribution in [2.45, 2.75) is 0 Å². The maximum atomic E-state index is 12.9. The smallest absolute Gasteiger partial charge is 0.343 e. The number of carboxylic acids is 1. The maximum Gasteiger partial charge on any atom is 0.343 e. The summed E-state index contributed by atoms with van der Waals surface area (Å²) in [4.78, 5) is 60.8. The lowest BCUT2D eigenvalue weighted by molar-refractivity contribution is 0.0684. The number of phenolic OH excluding ortho intramolecular Hbond substituents is 8. The van der Waals surface area contributed by atoms with Gasteiger partial charge in [-0.15, -0.1) is 4.91 Å². The topological polar surface area (TPSA) is 307 Å². The van der Waals surface area contributed by atoms with Crippen LogP contribution in [0.1, 0.15) is 41.4 Å². The molecule has 9 N–H and O–H groups in total. The SMILES string of the molecule is O=Nc1c(O)cc(C(=O)Oc2cc(C(=O)O)cc(O)c2O)cc1OC(=O)c1cc(O)c(O)c(OC(=O)c2cc(O)c(O)c(O)c2)c1. The molecule has 0 aliphatic carbocycles. The average molecular weight is 639 g/mol. The second-order valence-electron chi connectivity index (χ2n) is 8.95. The summed E-state index contributed by atoms with van der Waals surface area (Å²) in [7, 11) is 0. The molecule has 18 nitrogen and oxygen atoms in total. The highest BCUT2D eigenvalue weighted by atomic mass is 16.6. The molecule has 4 aromatic rings. The Balaban J connectivity index is 1.64. The van der Waals surface area contributed by atoms with Crippen LogP contribution in [0, 0.1) is 4.91 Å². The van der Waals surface area contributed by atoms with E-state index in [-0.39, 0.29) is 0 Å². The lowest BCUT2D eigenvalue weighted by atomic mass is 10.1. The minimum absolute atomic E-state index is 0.543. The van der Waals surface area contributed by atoms with Crippen LogP contribution in [0.5, 0.6) is 63.2 Å². The second kappa shape index (κ2) is 12.2. The number of nitroso groups, excluding NO2 is 1. The first-order chi connectivity index (χ1) is 21.6. The zero-order valence-corrected chi connectivity index (χ0v) is 22.4. The molecule has 0 bridgehead atoms. The van der Waals surface area contributed by atoms with Crippen LogP contribution in [0.25, 0.3) is 0 Å². The van der Waals surface area contributed by atoms with Crippen LogP contribution < -0.4 is 14.2 Å². The summed E-state index contributed by atoms with van der Waals surface area (Å²) in [6.07, 6.45) is 0. The number of esters is 3. The largest absolute Gasteiger partial charge is 0.505 e. The Kier molecular flexibility index (Phi) is 8.38. The average Bonchev–Trinajstić information content (AvgIpc) is 2.99. The van der Waals surface area contributed by atoms with Crippen molar-refractivity contribution < 1.29 is 79.3 Å². The van der Waals surface area contributed by atoms with Crippen LogP contribution >= 0.6 is 0 Å². The van der Waals surface area contributed by atoms with Gasteiger partial charge in [0.05, 0.1) is 22.3 Å². The number of phenols is 8. The van der Waals surface area contributed by atoms with Gasteiger partial charge >= 0.3 is 23.9 Å². The third-order valence-electron chi connectivity index (χ3n) is 5.89. The van der Waals surface area contributed by atoms with E-state index in [9.17, 15) is 64.9 Å². The van der Waals surface area contributed by atoms with Crippen LogP contribution in [0.4, 0.5) is 5.69 Å². The van der Waals surface area contributed by atoms with Gasteiger partial charge in [0.1, 0.15) is 5.75 Å². The fraction of sp³-hybridized carbons (Fsp3) is 0. The van der Waals surface area contributed by atoms with Gasteiger partial charge in [0.15, 0.2) is 51.7 Å². The van der Waals surface area contributed by atoms with E-state index >= 15 is 0 Å². The zero-order chi connectivity index (χ0) is 34.0. The molecule has 0 heterocycles. The molecule has 0 aromatic heterocycles. The monoisotopic (exact) mass is 639 g/mol.